The molecule has 2 nitrogen and oxygen atoms in total. The lowest BCUT2D eigenvalue weighted by atomic mass is 9.75. The van der Waals surface area contributed by atoms with Crippen molar-refractivity contribution in [2.75, 3.05) is 14.2 Å². The van der Waals surface area contributed by atoms with Gasteiger partial charge in [-0.2, -0.15) is 0 Å². The topological polar surface area (TPSA) is 21.3 Å². The third-order valence-corrected chi connectivity index (χ3v) is 5.57. The lowest BCUT2D eigenvalue weighted by molar-refractivity contribution is -0.0832. The van der Waals surface area contributed by atoms with Crippen LogP contribution in [-0.2, 0) is 4.74 Å². The summed E-state index contributed by atoms with van der Waals surface area (Å²) in [6.07, 6.45) is 4.77. The van der Waals surface area contributed by atoms with E-state index in [2.05, 4.69) is 32.7 Å². The molecular formula is C12H18BrNOS. The number of halogens is 1. The van der Waals surface area contributed by atoms with E-state index >= 15 is 0 Å². The maximum Gasteiger partial charge on any atom is 0.0697 e. The van der Waals surface area contributed by atoms with Crippen LogP contribution in [0.1, 0.15) is 36.6 Å². The van der Waals surface area contributed by atoms with Crippen LogP contribution < -0.4 is 5.32 Å². The van der Waals surface area contributed by atoms with Crippen molar-refractivity contribution in [2.24, 2.45) is 0 Å². The van der Waals surface area contributed by atoms with Crippen molar-refractivity contribution in [3.05, 3.63) is 20.8 Å². The van der Waals surface area contributed by atoms with Crippen LogP contribution in [0, 0.1) is 0 Å². The average molecular weight is 304 g/mol. The number of methoxy groups -OCH3 is 1. The molecule has 1 fully saturated rings. The second-order valence-corrected chi connectivity index (χ2v) is 6.22. The zero-order chi connectivity index (χ0) is 11.6. The second kappa shape index (κ2) is 5.17. The summed E-state index contributed by atoms with van der Waals surface area (Å²) in [5.41, 5.74) is 0.122. The van der Waals surface area contributed by atoms with Crippen LogP contribution in [0.3, 0.4) is 0 Å². The molecule has 2 rings (SSSR count). The van der Waals surface area contributed by atoms with Gasteiger partial charge in [0.1, 0.15) is 0 Å². The highest BCUT2D eigenvalue weighted by Crippen LogP contribution is 2.43. The molecular weight excluding hydrogens is 286 g/mol. The smallest absolute Gasteiger partial charge is 0.0697 e. The van der Waals surface area contributed by atoms with Gasteiger partial charge >= 0.3 is 0 Å². The SMILES string of the molecule is CNC(CC1(OC)CCC1)c1sccc1Br. The van der Waals surface area contributed by atoms with E-state index in [9.17, 15) is 0 Å². The maximum atomic E-state index is 5.69. The van der Waals surface area contributed by atoms with E-state index < -0.39 is 0 Å². The molecule has 1 atom stereocenters. The first-order valence-electron chi connectivity index (χ1n) is 5.66. The molecule has 0 aromatic carbocycles. The summed E-state index contributed by atoms with van der Waals surface area (Å²) >= 11 is 5.41. The summed E-state index contributed by atoms with van der Waals surface area (Å²) in [7, 11) is 3.87. The molecule has 0 spiro atoms. The minimum absolute atomic E-state index is 0.122. The fourth-order valence-corrected chi connectivity index (χ4v) is 4.08. The summed E-state index contributed by atoms with van der Waals surface area (Å²) < 4.78 is 6.90. The van der Waals surface area contributed by atoms with Crippen molar-refractivity contribution in [1.29, 1.82) is 0 Å². The van der Waals surface area contributed by atoms with E-state index in [0.29, 0.717) is 6.04 Å². The normalized spacial score (nSPS) is 20.4. The fourth-order valence-electron chi connectivity index (χ4n) is 2.31. The quantitative estimate of drug-likeness (QED) is 0.895. The van der Waals surface area contributed by atoms with E-state index in [1.54, 1.807) is 11.3 Å². The molecule has 16 heavy (non-hydrogen) atoms. The molecule has 1 unspecified atom stereocenters. The van der Waals surface area contributed by atoms with Crippen molar-refractivity contribution in [3.8, 4) is 0 Å². The first-order valence-corrected chi connectivity index (χ1v) is 7.33. The molecule has 1 aliphatic rings. The highest BCUT2D eigenvalue weighted by atomic mass is 79.9. The number of rotatable bonds is 5. The molecule has 1 heterocycles. The second-order valence-electron chi connectivity index (χ2n) is 4.42. The molecule has 1 aromatic rings. The molecule has 0 saturated heterocycles. The van der Waals surface area contributed by atoms with Gasteiger partial charge in [0.25, 0.3) is 0 Å². The van der Waals surface area contributed by atoms with Gasteiger partial charge in [0.2, 0.25) is 0 Å². The summed E-state index contributed by atoms with van der Waals surface area (Å²) in [5.74, 6) is 0. The predicted molar refractivity (Wildman–Crippen MR) is 72.0 cm³/mol. The Labute approximate surface area is 110 Å². The van der Waals surface area contributed by atoms with Gasteiger partial charge in [0, 0.05) is 22.5 Å². The Balaban J connectivity index is 2.09. The van der Waals surface area contributed by atoms with Crippen LogP contribution in [0.15, 0.2) is 15.9 Å². The molecule has 90 valence electrons. The molecule has 1 aliphatic carbocycles. The van der Waals surface area contributed by atoms with Crippen molar-refractivity contribution < 1.29 is 4.74 Å². The van der Waals surface area contributed by atoms with E-state index in [-0.39, 0.29) is 5.60 Å². The van der Waals surface area contributed by atoms with Gasteiger partial charge in [-0.25, -0.2) is 0 Å². The van der Waals surface area contributed by atoms with E-state index in [1.807, 2.05) is 14.2 Å². The molecule has 0 radical (unpaired) electrons. The first kappa shape index (κ1) is 12.6. The standard InChI is InChI=1S/C12H18BrNOS/c1-14-10(11-9(13)4-7-16-11)8-12(15-2)5-3-6-12/h4,7,10,14H,3,5-6,8H2,1-2H3. The minimum atomic E-state index is 0.122. The molecule has 1 saturated carbocycles. The van der Waals surface area contributed by atoms with Crippen LogP contribution in [-0.4, -0.2) is 19.8 Å². The minimum Gasteiger partial charge on any atom is -0.378 e. The van der Waals surface area contributed by atoms with Crippen molar-refractivity contribution in [2.45, 2.75) is 37.3 Å². The van der Waals surface area contributed by atoms with Crippen LogP contribution in [0.4, 0.5) is 0 Å². The first-order chi connectivity index (χ1) is 7.71. The third-order valence-electron chi connectivity index (χ3n) is 3.58. The fraction of sp³-hybridized carbons (Fsp3) is 0.667. The monoisotopic (exact) mass is 303 g/mol. The Morgan fingerprint density at radius 2 is 2.38 bits per heavy atom. The molecule has 0 aliphatic heterocycles. The van der Waals surface area contributed by atoms with E-state index in [1.165, 1.54) is 28.6 Å². The number of ether oxygens (including phenoxy) is 1. The van der Waals surface area contributed by atoms with E-state index in [0.717, 1.165) is 6.42 Å². The van der Waals surface area contributed by atoms with Gasteiger partial charge in [0.05, 0.1) is 5.60 Å². The summed E-state index contributed by atoms with van der Waals surface area (Å²) in [5, 5.41) is 5.53. The van der Waals surface area contributed by atoms with Crippen molar-refractivity contribution in [1.82, 2.24) is 5.32 Å². The Kier molecular flexibility index (Phi) is 4.06. The third kappa shape index (κ3) is 2.35. The average Bonchev–Trinajstić information content (AvgIpc) is 2.65. The zero-order valence-corrected chi connectivity index (χ0v) is 12.2. The maximum absolute atomic E-state index is 5.69. The van der Waals surface area contributed by atoms with Gasteiger partial charge in [-0.05, 0) is 60.1 Å². The summed E-state index contributed by atoms with van der Waals surface area (Å²) in [6, 6.07) is 2.51. The van der Waals surface area contributed by atoms with Gasteiger partial charge < -0.3 is 10.1 Å². The zero-order valence-electron chi connectivity index (χ0n) is 9.75. The number of thiophene rings is 1. The Bertz CT molecular complexity index is 343. The van der Waals surface area contributed by atoms with Crippen molar-refractivity contribution >= 4 is 27.3 Å². The molecule has 0 bridgehead atoms. The number of hydrogen-bond acceptors (Lipinski definition) is 3. The van der Waals surface area contributed by atoms with Gasteiger partial charge in [-0.1, -0.05) is 0 Å². The lowest BCUT2D eigenvalue weighted by Gasteiger charge is -2.42. The Morgan fingerprint density at radius 3 is 2.75 bits per heavy atom. The predicted octanol–water partition coefficient (Wildman–Crippen LogP) is 3.73. The number of hydrogen-bond donors (Lipinski definition) is 1. The van der Waals surface area contributed by atoms with Crippen LogP contribution in [0.25, 0.3) is 0 Å². The Morgan fingerprint density at radius 1 is 1.62 bits per heavy atom. The molecule has 0 amide bonds. The van der Waals surface area contributed by atoms with Gasteiger partial charge in [-0.3, -0.25) is 0 Å². The van der Waals surface area contributed by atoms with Crippen LogP contribution in [0.5, 0.6) is 0 Å². The highest BCUT2D eigenvalue weighted by molar-refractivity contribution is 9.10. The van der Waals surface area contributed by atoms with Crippen LogP contribution in [0.2, 0.25) is 0 Å². The Hall–Kier alpha value is 0.100. The van der Waals surface area contributed by atoms with Crippen molar-refractivity contribution in [3.63, 3.8) is 0 Å². The van der Waals surface area contributed by atoms with Gasteiger partial charge in [0.15, 0.2) is 0 Å². The molecule has 4 heteroatoms. The number of nitrogens with one attached hydrogen (secondary N) is 1. The largest absolute Gasteiger partial charge is 0.378 e. The summed E-state index contributed by atoms with van der Waals surface area (Å²) in [6.45, 7) is 0. The molecule has 1 aromatic heterocycles. The molecule has 1 N–H and O–H groups in total. The summed E-state index contributed by atoms with van der Waals surface area (Å²) in [4.78, 5) is 1.38. The van der Waals surface area contributed by atoms with Crippen LogP contribution >= 0.6 is 27.3 Å². The van der Waals surface area contributed by atoms with E-state index in [4.69, 9.17) is 4.74 Å². The lowest BCUT2D eigenvalue weighted by Crippen LogP contribution is -2.42. The highest BCUT2D eigenvalue weighted by Gasteiger charge is 2.39. The van der Waals surface area contributed by atoms with Gasteiger partial charge in [-0.15, -0.1) is 11.3 Å².